The Kier molecular flexibility index (Phi) is 1.99. The van der Waals surface area contributed by atoms with Crippen LogP contribution in [0.3, 0.4) is 0 Å². The van der Waals surface area contributed by atoms with Crippen molar-refractivity contribution in [3.63, 3.8) is 0 Å². The summed E-state index contributed by atoms with van der Waals surface area (Å²) < 4.78 is 0. The van der Waals surface area contributed by atoms with Crippen molar-refractivity contribution in [1.82, 2.24) is 4.98 Å². The average Bonchev–Trinajstić information content (AvgIpc) is 2.15. The summed E-state index contributed by atoms with van der Waals surface area (Å²) in [6.07, 6.45) is 0. The van der Waals surface area contributed by atoms with Crippen molar-refractivity contribution in [3.05, 3.63) is 45.2 Å². The minimum atomic E-state index is -0.295. The highest BCUT2D eigenvalue weighted by Gasteiger charge is 2.02. The van der Waals surface area contributed by atoms with Crippen LogP contribution in [0.15, 0.2) is 29.1 Å². The van der Waals surface area contributed by atoms with Gasteiger partial charge in [0.05, 0.1) is 11.1 Å². The van der Waals surface area contributed by atoms with Gasteiger partial charge in [-0.05, 0) is 12.1 Å². The van der Waals surface area contributed by atoms with Crippen molar-refractivity contribution < 1.29 is 0 Å². The Balaban J connectivity index is 2.97. The quantitative estimate of drug-likeness (QED) is 0.714. The molecule has 0 aliphatic heterocycles. The largest absolute Gasteiger partial charge is 0.322 e. The fourth-order valence-electron chi connectivity index (χ4n) is 1.32. The summed E-state index contributed by atoms with van der Waals surface area (Å²) in [6, 6.07) is 8.26. The van der Waals surface area contributed by atoms with Gasteiger partial charge >= 0.3 is 0 Å². The van der Waals surface area contributed by atoms with E-state index in [4.69, 9.17) is 16.9 Å². The summed E-state index contributed by atoms with van der Waals surface area (Å²) in [6.45, 7) is 0. The zero-order chi connectivity index (χ0) is 10.1. The Bertz CT molecular complexity index is 595. The third-order valence-corrected chi connectivity index (χ3v) is 2.16. The van der Waals surface area contributed by atoms with E-state index in [9.17, 15) is 4.79 Å². The van der Waals surface area contributed by atoms with Crippen molar-refractivity contribution >= 4 is 22.5 Å². The van der Waals surface area contributed by atoms with E-state index >= 15 is 0 Å². The standard InChI is InChI=1S/C10H5ClN2O/c11-7-1-2-8-6(5-12)3-10(14)13-9(8)4-7/h1-4H,(H,13,14). The number of hydrogen-bond acceptors (Lipinski definition) is 2. The minimum Gasteiger partial charge on any atom is -0.322 e. The van der Waals surface area contributed by atoms with E-state index in [-0.39, 0.29) is 5.56 Å². The fourth-order valence-corrected chi connectivity index (χ4v) is 1.50. The number of H-pyrrole nitrogens is 1. The molecule has 2 rings (SSSR count). The van der Waals surface area contributed by atoms with Crippen molar-refractivity contribution in [3.8, 4) is 6.07 Å². The molecule has 0 unspecified atom stereocenters. The summed E-state index contributed by atoms with van der Waals surface area (Å²) in [5, 5.41) is 10.0. The van der Waals surface area contributed by atoms with Crippen LogP contribution in [0.2, 0.25) is 5.02 Å². The molecule has 68 valence electrons. The molecule has 0 amide bonds. The van der Waals surface area contributed by atoms with E-state index in [1.807, 2.05) is 6.07 Å². The molecule has 2 aromatic rings. The highest BCUT2D eigenvalue weighted by atomic mass is 35.5. The van der Waals surface area contributed by atoms with Crippen molar-refractivity contribution in [2.45, 2.75) is 0 Å². The third kappa shape index (κ3) is 1.36. The number of hydrogen-bond donors (Lipinski definition) is 1. The average molecular weight is 205 g/mol. The van der Waals surface area contributed by atoms with Gasteiger partial charge in [0.15, 0.2) is 0 Å². The molecule has 0 atom stereocenters. The summed E-state index contributed by atoms with van der Waals surface area (Å²) in [5.41, 5.74) is 0.651. The molecule has 0 saturated carbocycles. The molecule has 1 aromatic heterocycles. The lowest BCUT2D eigenvalue weighted by Gasteiger charge is -1.99. The number of rotatable bonds is 0. The third-order valence-electron chi connectivity index (χ3n) is 1.93. The maximum atomic E-state index is 11.1. The van der Waals surface area contributed by atoms with Crippen LogP contribution in [0.1, 0.15) is 5.56 Å². The first-order chi connectivity index (χ1) is 6.70. The van der Waals surface area contributed by atoms with Gasteiger partial charge in [0.25, 0.3) is 0 Å². The molecule has 0 aliphatic rings. The first-order valence-corrected chi connectivity index (χ1v) is 4.31. The van der Waals surface area contributed by atoms with E-state index in [1.54, 1.807) is 18.2 Å². The van der Waals surface area contributed by atoms with Gasteiger partial charge < -0.3 is 4.98 Å². The predicted molar refractivity (Wildman–Crippen MR) is 54.3 cm³/mol. The predicted octanol–water partition coefficient (Wildman–Crippen LogP) is 2.05. The summed E-state index contributed by atoms with van der Waals surface area (Å²) in [7, 11) is 0. The maximum absolute atomic E-state index is 11.1. The van der Waals surface area contributed by atoms with Crippen LogP contribution in [0.4, 0.5) is 0 Å². The number of nitrogens with one attached hydrogen (secondary N) is 1. The molecule has 0 aliphatic carbocycles. The molecule has 1 N–H and O–H groups in total. The second kappa shape index (κ2) is 3.17. The summed E-state index contributed by atoms with van der Waals surface area (Å²) in [5.74, 6) is 0. The molecule has 4 heteroatoms. The second-order valence-corrected chi connectivity index (χ2v) is 3.29. The van der Waals surface area contributed by atoms with Gasteiger partial charge in [-0.25, -0.2) is 0 Å². The summed E-state index contributed by atoms with van der Waals surface area (Å²) in [4.78, 5) is 13.7. The Labute approximate surface area is 84.6 Å². The number of aromatic amines is 1. The molecule has 0 saturated heterocycles. The van der Waals surface area contributed by atoms with Crippen molar-refractivity contribution in [2.75, 3.05) is 0 Å². The fraction of sp³-hybridized carbons (Fsp3) is 0. The van der Waals surface area contributed by atoms with Crippen LogP contribution in [0, 0.1) is 11.3 Å². The number of halogens is 1. The normalized spacial score (nSPS) is 10.0. The topological polar surface area (TPSA) is 56.6 Å². The smallest absolute Gasteiger partial charge is 0.249 e. The van der Waals surface area contributed by atoms with E-state index < -0.39 is 0 Å². The van der Waals surface area contributed by atoms with E-state index in [1.165, 1.54) is 6.07 Å². The maximum Gasteiger partial charge on any atom is 0.249 e. The molecule has 1 aromatic carbocycles. The SMILES string of the molecule is N#Cc1cc(=O)[nH]c2cc(Cl)ccc12. The Morgan fingerprint density at radius 3 is 2.86 bits per heavy atom. The Morgan fingerprint density at radius 1 is 1.36 bits per heavy atom. The van der Waals surface area contributed by atoms with Crippen LogP contribution in [-0.4, -0.2) is 4.98 Å². The minimum absolute atomic E-state index is 0.295. The number of fused-ring (bicyclic) bond motifs is 1. The monoisotopic (exact) mass is 204 g/mol. The zero-order valence-corrected chi connectivity index (χ0v) is 7.80. The highest BCUT2D eigenvalue weighted by Crippen LogP contribution is 2.18. The highest BCUT2D eigenvalue weighted by molar-refractivity contribution is 6.31. The van der Waals surface area contributed by atoms with Crippen LogP contribution < -0.4 is 5.56 Å². The van der Waals surface area contributed by atoms with Crippen LogP contribution in [0.5, 0.6) is 0 Å². The van der Waals surface area contributed by atoms with Crippen LogP contribution >= 0.6 is 11.6 Å². The lowest BCUT2D eigenvalue weighted by Crippen LogP contribution is -2.04. The first-order valence-electron chi connectivity index (χ1n) is 3.93. The second-order valence-electron chi connectivity index (χ2n) is 2.85. The first kappa shape index (κ1) is 8.79. The van der Waals surface area contributed by atoms with Crippen LogP contribution in [0.25, 0.3) is 10.9 Å². The molecule has 14 heavy (non-hydrogen) atoms. The van der Waals surface area contributed by atoms with Gasteiger partial charge in [0, 0.05) is 16.5 Å². The number of nitrogens with zero attached hydrogens (tertiary/aromatic N) is 1. The van der Waals surface area contributed by atoms with Gasteiger partial charge in [0.1, 0.15) is 6.07 Å². The van der Waals surface area contributed by atoms with Crippen molar-refractivity contribution in [1.29, 1.82) is 5.26 Å². The molecule has 0 fully saturated rings. The lowest BCUT2D eigenvalue weighted by molar-refractivity contribution is 1.29. The van der Waals surface area contributed by atoms with Gasteiger partial charge in [-0.1, -0.05) is 17.7 Å². The zero-order valence-electron chi connectivity index (χ0n) is 7.04. The molecule has 0 bridgehead atoms. The van der Waals surface area contributed by atoms with Gasteiger partial charge in [-0.3, -0.25) is 4.79 Å². The molecular weight excluding hydrogens is 200 g/mol. The molecule has 1 heterocycles. The molecule has 0 spiro atoms. The molecule has 3 nitrogen and oxygen atoms in total. The number of pyridine rings is 1. The van der Waals surface area contributed by atoms with Gasteiger partial charge in [0.2, 0.25) is 5.56 Å². The Hall–Kier alpha value is -1.79. The number of benzene rings is 1. The molecule has 0 radical (unpaired) electrons. The van der Waals surface area contributed by atoms with Crippen molar-refractivity contribution in [2.24, 2.45) is 0 Å². The van der Waals surface area contributed by atoms with E-state index in [0.29, 0.717) is 21.5 Å². The molecular formula is C10H5ClN2O. The van der Waals surface area contributed by atoms with Gasteiger partial charge in [-0.2, -0.15) is 5.26 Å². The number of nitriles is 1. The van der Waals surface area contributed by atoms with E-state index in [0.717, 1.165) is 0 Å². The van der Waals surface area contributed by atoms with Gasteiger partial charge in [-0.15, -0.1) is 0 Å². The van der Waals surface area contributed by atoms with Crippen LogP contribution in [-0.2, 0) is 0 Å². The number of aromatic nitrogens is 1. The van der Waals surface area contributed by atoms with E-state index in [2.05, 4.69) is 4.98 Å². The Morgan fingerprint density at radius 2 is 2.14 bits per heavy atom. The lowest BCUT2D eigenvalue weighted by atomic mass is 10.1. The summed E-state index contributed by atoms with van der Waals surface area (Å²) >= 11 is 5.76.